The van der Waals surface area contributed by atoms with Gasteiger partial charge < -0.3 is 9.47 Å². The Bertz CT molecular complexity index is 560. The summed E-state index contributed by atoms with van der Waals surface area (Å²) in [6, 6.07) is 5.25. The van der Waals surface area contributed by atoms with Crippen molar-refractivity contribution >= 4 is 17.7 Å². The fourth-order valence-corrected chi connectivity index (χ4v) is 2.35. The van der Waals surface area contributed by atoms with Crippen LogP contribution in [0.3, 0.4) is 0 Å². The van der Waals surface area contributed by atoms with Gasteiger partial charge in [0, 0.05) is 6.54 Å². The van der Waals surface area contributed by atoms with Crippen LogP contribution in [-0.2, 0) is 15.9 Å². The van der Waals surface area contributed by atoms with Gasteiger partial charge in [-0.3, -0.25) is 4.90 Å². The number of ether oxygens (including phenoxy) is 2. The zero-order valence-corrected chi connectivity index (χ0v) is 12.9. The Morgan fingerprint density at radius 1 is 1.24 bits per heavy atom. The van der Waals surface area contributed by atoms with Crippen LogP contribution in [0.2, 0.25) is 0 Å². The normalized spacial score (nSPS) is 14.4. The average Bonchev–Trinajstić information content (AvgIpc) is 2.43. The Morgan fingerprint density at radius 2 is 1.95 bits per heavy atom. The lowest BCUT2D eigenvalue weighted by atomic mass is 9.99. The molecule has 5 heteroatoms. The maximum atomic E-state index is 12.3. The highest BCUT2D eigenvalue weighted by Crippen LogP contribution is 2.29. The molecule has 21 heavy (non-hydrogen) atoms. The number of carbonyl (C=O) groups is 2. The monoisotopic (exact) mass is 291 g/mol. The van der Waals surface area contributed by atoms with Gasteiger partial charge in [0.15, 0.2) is 0 Å². The molecule has 0 bridgehead atoms. The molecule has 1 aliphatic rings. The number of amides is 1. The molecular formula is C16H21NO4. The van der Waals surface area contributed by atoms with E-state index in [0.29, 0.717) is 12.1 Å². The molecule has 5 nitrogen and oxygen atoms in total. The van der Waals surface area contributed by atoms with E-state index in [0.717, 1.165) is 24.1 Å². The van der Waals surface area contributed by atoms with Gasteiger partial charge in [-0.05, 0) is 57.4 Å². The summed E-state index contributed by atoms with van der Waals surface area (Å²) in [5, 5.41) is 0. The van der Waals surface area contributed by atoms with Crippen molar-refractivity contribution in [3.8, 4) is 0 Å². The number of nitrogens with zero attached hydrogens (tertiary/aromatic N) is 1. The van der Waals surface area contributed by atoms with E-state index >= 15 is 0 Å². The van der Waals surface area contributed by atoms with Gasteiger partial charge in [0.1, 0.15) is 5.60 Å². The number of methoxy groups -OCH3 is 1. The van der Waals surface area contributed by atoms with Crippen molar-refractivity contribution < 1.29 is 19.1 Å². The van der Waals surface area contributed by atoms with Gasteiger partial charge >= 0.3 is 12.1 Å². The fraction of sp³-hybridized carbons (Fsp3) is 0.500. The molecular weight excluding hydrogens is 270 g/mol. The predicted molar refractivity (Wildman–Crippen MR) is 79.7 cm³/mol. The van der Waals surface area contributed by atoms with Gasteiger partial charge in [-0.1, -0.05) is 0 Å². The lowest BCUT2D eigenvalue weighted by Crippen LogP contribution is -2.39. The van der Waals surface area contributed by atoms with Crippen molar-refractivity contribution in [3.63, 3.8) is 0 Å². The van der Waals surface area contributed by atoms with Crippen molar-refractivity contribution in [1.29, 1.82) is 0 Å². The van der Waals surface area contributed by atoms with Crippen molar-refractivity contribution in [2.75, 3.05) is 18.6 Å². The predicted octanol–water partition coefficient (Wildman–Crippen LogP) is 3.16. The summed E-state index contributed by atoms with van der Waals surface area (Å²) in [4.78, 5) is 25.5. The summed E-state index contributed by atoms with van der Waals surface area (Å²) in [7, 11) is 1.36. The van der Waals surface area contributed by atoms with Gasteiger partial charge in [-0.25, -0.2) is 9.59 Å². The van der Waals surface area contributed by atoms with Crippen LogP contribution >= 0.6 is 0 Å². The molecule has 2 rings (SSSR count). The first-order valence-corrected chi connectivity index (χ1v) is 7.03. The van der Waals surface area contributed by atoms with E-state index < -0.39 is 5.60 Å². The van der Waals surface area contributed by atoms with E-state index in [1.54, 1.807) is 23.1 Å². The summed E-state index contributed by atoms with van der Waals surface area (Å²) >= 11 is 0. The highest BCUT2D eigenvalue weighted by Gasteiger charge is 2.27. The lowest BCUT2D eigenvalue weighted by molar-refractivity contribution is 0.0576. The molecule has 0 atom stereocenters. The van der Waals surface area contributed by atoms with Crippen molar-refractivity contribution in [3.05, 3.63) is 29.3 Å². The molecule has 0 fully saturated rings. The average molecular weight is 291 g/mol. The third-order valence-electron chi connectivity index (χ3n) is 3.23. The second-order valence-corrected chi connectivity index (χ2v) is 6.07. The number of benzene rings is 1. The van der Waals surface area contributed by atoms with E-state index in [2.05, 4.69) is 0 Å². The second-order valence-electron chi connectivity index (χ2n) is 6.07. The molecule has 0 aromatic heterocycles. The highest BCUT2D eigenvalue weighted by molar-refractivity contribution is 5.93. The highest BCUT2D eigenvalue weighted by atomic mass is 16.6. The fourth-order valence-electron chi connectivity index (χ4n) is 2.35. The summed E-state index contributed by atoms with van der Waals surface area (Å²) in [5.41, 5.74) is 1.75. The summed E-state index contributed by atoms with van der Waals surface area (Å²) < 4.78 is 10.2. The third kappa shape index (κ3) is 3.54. The van der Waals surface area contributed by atoms with E-state index in [1.807, 2.05) is 20.8 Å². The standard InChI is InChI=1S/C16H21NO4/c1-16(2,3)21-15(19)17-9-5-6-11-10-12(14(18)20-4)7-8-13(11)17/h7-8,10H,5-6,9H2,1-4H3. The largest absolute Gasteiger partial charge is 0.465 e. The quantitative estimate of drug-likeness (QED) is 0.746. The summed E-state index contributed by atoms with van der Waals surface area (Å²) in [5.74, 6) is -0.368. The van der Waals surface area contributed by atoms with Crippen LogP contribution in [0.5, 0.6) is 0 Å². The van der Waals surface area contributed by atoms with Gasteiger partial charge in [-0.2, -0.15) is 0 Å². The van der Waals surface area contributed by atoms with E-state index in [4.69, 9.17) is 9.47 Å². The maximum Gasteiger partial charge on any atom is 0.414 e. The smallest absolute Gasteiger partial charge is 0.414 e. The van der Waals surface area contributed by atoms with Crippen LogP contribution in [0.4, 0.5) is 10.5 Å². The number of anilines is 1. The Hall–Kier alpha value is -2.04. The molecule has 1 amide bonds. The second kappa shape index (κ2) is 5.76. The minimum atomic E-state index is -0.527. The number of carbonyl (C=O) groups excluding carboxylic acids is 2. The first-order chi connectivity index (χ1) is 9.81. The Morgan fingerprint density at radius 3 is 2.57 bits per heavy atom. The van der Waals surface area contributed by atoms with Crippen LogP contribution in [0.25, 0.3) is 0 Å². The van der Waals surface area contributed by atoms with E-state index in [1.165, 1.54) is 7.11 Å². The van der Waals surface area contributed by atoms with Crippen LogP contribution < -0.4 is 4.90 Å². The molecule has 0 aliphatic carbocycles. The number of aryl methyl sites for hydroxylation is 1. The minimum absolute atomic E-state index is 0.353. The van der Waals surface area contributed by atoms with Crippen molar-refractivity contribution in [2.45, 2.75) is 39.2 Å². The van der Waals surface area contributed by atoms with E-state index in [-0.39, 0.29) is 12.1 Å². The summed E-state index contributed by atoms with van der Waals surface area (Å²) in [6.45, 7) is 6.15. The summed E-state index contributed by atoms with van der Waals surface area (Å²) in [6.07, 6.45) is 1.32. The van der Waals surface area contributed by atoms with Gasteiger partial charge in [-0.15, -0.1) is 0 Å². The molecule has 0 saturated carbocycles. The topological polar surface area (TPSA) is 55.8 Å². The first kappa shape index (κ1) is 15.4. The lowest BCUT2D eigenvalue weighted by Gasteiger charge is -2.31. The van der Waals surface area contributed by atoms with Crippen LogP contribution in [0.15, 0.2) is 18.2 Å². The molecule has 1 aromatic carbocycles. The number of fused-ring (bicyclic) bond motifs is 1. The van der Waals surface area contributed by atoms with Crippen LogP contribution in [-0.4, -0.2) is 31.3 Å². The van der Waals surface area contributed by atoms with Crippen LogP contribution in [0, 0.1) is 0 Å². The molecule has 0 N–H and O–H groups in total. The SMILES string of the molecule is COC(=O)c1ccc2c(c1)CCCN2C(=O)OC(C)(C)C. The Kier molecular flexibility index (Phi) is 4.21. The Labute approximate surface area is 124 Å². The Balaban J connectivity index is 2.28. The maximum absolute atomic E-state index is 12.3. The van der Waals surface area contributed by atoms with Crippen molar-refractivity contribution in [1.82, 2.24) is 0 Å². The molecule has 0 spiro atoms. The number of esters is 1. The van der Waals surface area contributed by atoms with Gasteiger partial charge in [0.05, 0.1) is 18.4 Å². The molecule has 114 valence electrons. The zero-order chi connectivity index (χ0) is 15.6. The van der Waals surface area contributed by atoms with Crippen molar-refractivity contribution in [2.24, 2.45) is 0 Å². The molecule has 0 unspecified atom stereocenters. The molecule has 1 aromatic rings. The third-order valence-corrected chi connectivity index (χ3v) is 3.23. The number of rotatable bonds is 1. The van der Waals surface area contributed by atoms with E-state index in [9.17, 15) is 9.59 Å². The molecule has 0 radical (unpaired) electrons. The number of hydrogen-bond acceptors (Lipinski definition) is 4. The van der Waals surface area contributed by atoms with Crippen LogP contribution in [0.1, 0.15) is 43.1 Å². The molecule has 0 saturated heterocycles. The molecule has 1 heterocycles. The minimum Gasteiger partial charge on any atom is -0.465 e. The van der Waals surface area contributed by atoms with Gasteiger partial charge in [0.25, 0.3) is 0 Å². The zero-order valence-electron chi connectivity index (χ0n) is 12.9. The number of hydrogen-bond donors (Lipinski definition) is 0. The first-order valence-electron chi connectivity index (χ1n) is 7.03. The molecule has 1 aliphatic heterocycles. The van der Waals surface area contributed by atoms with Gasteiger partial charge in [0.2, 0.25) is 0 Å².